The molecular weight excluding hydrogens is 298 g/mol. The lowest BCUT2D eigenvalue weighted by molar-refractivity contribution is 0.0526. The molecule has 94 valence electrons. The Kier molecular flexibility index (Phi) is 4.80. The standard InChI is InChI=1S/C10H11BrF2N2O2/c1-2-17-10(16)7-5(3-11)8(9(12)13)15-4-6(7)14/h4,9H,2-3,14H2,1H3. The second-order valence-electron chi connectivity index (χ2n) is 3.11. The Morgan fingerprint density at radius 2 is 2.29 bits per heavy atom. The molecule has 0 bridgehead atoms. The number of anilines is 1. The van der Waals surface area contributed by atoms with Crippen molar-refractivity contribution in [3.05, 3.63) is 23.0 Å². The summed E-state index contributed by atoms with van der Waals surface area (Å²) in [5.41, 5.74) is 5.16. The van der Waals surface area contributed by atoms with Crippen LogP contribution in [-0.2, 0) is 10.1 Å². The van der Waals surface area contributed by atoms with Gasteiger partial charge in [-0.15, -0.1) is 0 Å². The highest BCUT2D eigenvalue weighted by atomic mass is 79.9. The molecule has 0 radical (unpaired) electrons. The molecule has 0 aliphatic carbocycles. The van der Waals surface area contributed by atoms with E-state index >= 15 is 0 Å². The number of pyridine rings is 1. The van der Waals surface area contributed by atoms with Crippen LogP contribution in [0.2, 0.25) is 0 Å². The van der Waals surface area contributed by atoms with E-state index in [1.54, 1.807) is 6.92 Å². The summed E-state index contributed by atoms with van der Waals surface area (Å²) in [6.07, 6.45) is -1.73. The molecule has 17 heavy (non-hydrogen) atoms. The summed E-state index contributed by atoms with van der Waals surface area (Å²) in [7, 11) is 0. The van der Waals surface area contributed by atoms with Gasteiger partial charge in [-0.2, -0.15) is 0 Å². The molecule has 1 aromatic rings. The third-order valence-electron chi connectivity index (χ3n) is 2.06. The van der Waals surface area contributed by atoms with Gasteiger partial charge in [0.1, 0.15) is 5.69 Å². The summed E-state index contributed by atoms with van der Waals surface area (Å²) >= 11 is 3.04. The predicted molar refractivity (Wildman–Crippen MR) is 62.2 cm³/mol. The molecule has 1 aromatic heterocycles. The summed E-state index contributed by atoms with van der Waals surface area (Å²) in [5, 5.41) is 0.0544. The summed E-state index contributed by atoms with van der Waals surface area (Å²) in [6.45, 7) is 1.77. The molecule has 0 fully saturated rings. The maximum atomic E-state index is 12.7. The molecule has 1 rings (SSSR count). The zero-order valence-corrected chi connectivity index (χ0v) is 10.6. The summed E-state index contributed by atoms with van der Waals surface area (Å²) in [4.78, 5) is 15.2. The normalized spacial score (nSPS) is 10.6. The minimum Gasteiger partial charge on any atom is -0.462 e. The molecule has 1 heterocycles. The van der Waals surface area contributed by atoms with Crippen LogP contribution >= 0.6 is 15.9 Å². The van der Waals surface area contributed by atoms with Crippen molar-refractivity contribution in [3.8, 4) is 0 Å². The van der Waals surface area contributed by atoms with E-state index in [2.05, 4.69) is 20.9 Å². The first-order valence-electron chi connectivity index (χ1n) is 4.81. The zero-order valence-electron chi connectivity index (χ0n) is 9.04. The summed E-state index contributed by atoms with van der Waals surface area (Å²) in [6, 6.07) is 0. The van der Waals surface area contributed by atoms with E-state index < -0.39 is 18.1 Å². The fourth-order valence-electron chi connectivity index (χ4n) is 1.35. The average molecular weight is 309 g/mol. The minimum atomic E-state index is -2.77. The van der Waals surface area contributed by atoms with Crippen LogP contribution in [0.15, 0.2) is 6.20 Å². The number of nitrogens with zero attached hydrogens (tertiary/aromatic N) is 1. The van der Waals surface area contributed by atoms with Gasteiger partial charge >= 0.3 is 5.97 Å². The van der Waals surface area contributed by atoms with Crippen LogP contribution in [0.25, 0.3) is 0 Å². The van der Waals surface area contributed by atoms with Crippen molar-refractivity contribution in [1.82, 2.24) is 4.98 Å². The van der Waals surface area contributed by atoms with Crippen molar-refractivity contribution in [1.29, 1.82) is 0 Å². The number of halogens is 3. The zero-order chi connectivity index (χ0) is 13.0. The van der Waals surface area contributed by atoms with Gasteiger partial charge in [-0.05, 0) is 6.92 Å². The van der Waals surface area contributed by atoms with Crippen LogP contribution < -0.4 is 5.73 Å². The number of carbonyl (C=O) groups excluding carboxylic acids is 1. The number of aromatic nitrogens is 1. The Labute approximate surface area is 105 Å². The lowest BCUT2D eigenvalue weighted by atomic mass is 10.1. The van der Waals surface area contributed by atoms with Gasteiger partial charge in [0.25, 0.3) is 6.43 Å². The van der Waals surface area contributed by atoms with Crippen LogP contribution in [0.4, 0.5) is 14.5 Å². The van der Waals surface area contributed by atoms with Crippen LogP contribution in [0.3, 0.4) is 0 Å². The van der Waals surface area contributed by atoms with Crippen molar-refractivity contribution >= 4 is 27.6 Å². The molecule has 0 saturated heterocycles. The summed E-state index contributed by atoms with van der Waals surface area (Å²) in [5.74, 6) is -0.719. The largest absolute Gasteiger partial charge is 0.462 e. The number of ether oxygens (including phenoxy) is 1. The van der Waals surface area contributed by atoms with Gasteiger partial charge in [0.2, 0.25) is 0 Å². The quantitative estimate of drug-likeness (QED) is 0.686. The number of esters is 1. The van der Waals surface area contributed by atoms with Crippen molar-refractivity contribution in [2.75, 3.05) is 12.3 Å². The van der Waals surface area contributed by atoms with Crippen LogP contribution in [-0.4, -0.2) is 17.6 Å². The van der Waals surface area contributed by atoms with Gasteiger partial charge in [-0.25, -0.2) is 13.6 Å². The number of nitrogen functional groups attached to an aromatic ring is 1. The fourth-order valence-corrected chi connectivity index (χ4v) is 1.92. The highest BCUT2D eigenvalue weighted by molar-refractivity contribution is 9.08. The first kappa shape index (κ1) is 13.8. The third-order valence-corrected chi connectivity index (χ3v) is 2.62. The topological polar surface area (TPSA) is 65.2 Å². The maximum absolute atomic E-state index is 12.7. The maximum Gasteiger partial charge on any atom is 0.340 e. The first-order valence-corrected chi connectivity index (χ1v) is 5.93. The molecule has 0 amide bonds. The molecule has 4 nitrogen and oxygen atoms in total. The number of hydrogen-bond donors (Lipinski definition) is 1. The second kappa shape index (κ2) is 5.90. The van der Waals surface area contributed by atoms with Crippen molar-refractivity contribution in [3.63, 3.8) is 0 Å². The van der Waals surface area contributed by atoms with Gasteiger partial charge in [0.15, 0.2) is 0 Å². The Bertz CT molecular complexity index is 427. The van der Waals surface area contributed by atoms with E-state index in [1.165, 1.54) is 0 Å². The van der Waals surface area contributed by atoms with Crippen molar-refractivity contribution in [2.24, 2.45) is 0 Å². The number of carbonyl (C=O) groups is 1. The predicted octanol–water partition coefficient (Wildman–Crippen LogP) is 2.67. The molecule has 0 aromatic carbocycles. The molecule has 7 heteroatoms. The van der Waals surface area contributed by atoms with Gasteiger partial charge in [0.05, 0.1) is 24.1 Å². The van der Waals surface area contributed by atoms with Gasteiger partial charge in [-0.3, -0.25) is 4.98 Å². The molecular formula is C10H11BrF2N2O2. The molecule has 0 atom stereocenters. The summed E-state index contributed by atoms with van der Waals surface area (Å²) < 4.78 is 30.2. The molecule has 0 saturated carbocycles. The number of alkyl halides is 3. The molecule has 0 spiro atoms. The molecule has 0 aliphatic heterocycles. The first-order chi connectivity index (χ1) is 8.02. The highest BCUT2D eigenvalue weighted by Gasteiger charge is 2.24. The molecule has 0 unspecified atom stereocenters. The van der Waals surface area contributed by atoms with Crippen molar-refractivity contribution < 1.29 is 18.3 Å². The molecule has 2 N–H and O–H groups in total. The van der Waals surface area contributed by atoms with Crippen LogP contribution in [0.1, 0.15) is 35.0 Å². The van der Waals surface area contributed by atoms with Crippen LogP contribution in [0.5, 0.6) is 0 Å². The number of hydrogen-bond acceptors (Lipinski definition) is 4. The Balaban J connectivity index is 3.35. The number of nitrogens with two attached hydrogens (primary N) is 1. The van der Waals surface area contributed by atoms with Gasteiger partial charge in [-0.1, -0.05) is 15.9 Å². The smallest absolute Gasteiger partial charge is 0.340 e. The minimum absolute atomic E-state index is 0.0299. The van der Waals surface area contributed by atoms with E-state index in [0.29, 0.717) is 0 Å². The second-order valence-corrected chi connectivity index (χ2v) is 3.67. The van der Waals surface area contributed by atoms with E-state index in [9.17, 15) is 13.6 Å². The Hall–Kier alpha value is -1.24. The third kappa shape index (κ3) is 2.91. The lowest BCUT2D eigenvalue weighted by Crippen LogP contribution is -2.14. The van der Waals surface area contributed by atoms with Crippen LogP contribution in [0, 0.1) is 0 Å². The Morgan fingerprint density at radius 1 is 1.65 bits per heavy atom. The van der Waals surface area contributed by atoms with E-state index in [1.807, 2.05) is 0 Å². The SMILES string of the molecule is CCOC(=O)c1c(N)cnc(C(F)F)c1CBr. The van der Waals surface area contributed by atoms with E-state index in [0.717, 1.165) is 6.20 Å². The van der Waals surface area contributed by atoms with Crippen molar-refractivity contribution in [2.45, 2.75) is 18.7 Å². The van der Waals surface area contributed by atoms with Gasteiger partial charge < -0.3 is 10.5 Å². The lowest BCUT2D eigenvalue weighted by Gasteiger charge is -2.12. The monoisotopic (exact) mass is 308 g/mol. The fraction of sp³-hybridized carbons (Fsp3) is 0.400. The average Bonchev–Trinajstić information content (AvgIpc) is 2.28. The highest BCUT2D eigenvalue weighted by Crippen LogP contribution is 2.29. The number of rotatable bonds is 4. The van der Waals surface area contributed by atoms with E-state index in [4.69, 9.17) is 10.5 Å². The van der Waals surface area contributed by atoms with E-state index in [-0.39, 0.29) is 28.8 Å². The Morgan fingerprint density at radius 3 is 2.76 bits per heavy atom. The molecule has 0 aliphatic rings. The van der Waals surface area contributed by atoms with Gasteiger partial charge in [0, 0.05) is 10.9 Å².